The molecule has 0 aliphatic heterocycles. The first-order valence-electron chi connectivity index (χ1n) is 6.43. The van der Waals surface area contributed by atoms with Gasteiger partial charge in [-0.3, -0.25) is 4.79 Å². The molecule has 2 atom stereocenters. The highest BCUT2D eigenvalue weighted by atomic mass is 19.2. The molecular formula is C14H17F2NO3. The molecule has 0 amide bonds. The first kappa shape index (κ1) is 14.7. The van der Waals surface area contributed by atoms with Gasteiger partial charge in [-0.25, -0.2) is 8.78 Å². The molecule has 2 rings (SSSR count). The normalized spacial score (nSPS) is 26.1. The number of ether oxygens (including phenoxy) is 2. The lowest BCUT2D eigenvalue weighted by Gasteiger charge is -2.35. The van der Waals surface area contributed by atoms with Crippen molar-refractivity contribution in [2.45, 2.75) is 37.3 Å². The molecule has 0 aromatic heterocycles. The Balaban J connectivity index is 2.06. The summed E-state index contributed by atoms with van der Waals surface area (Å²) in [6, 6.07) is 3.34. The van der Waals surface area contributed by atoms with Crippen molar-refractivity contribution in [2.75, 3.05) is 7.11 Å². The lowest BCUT2D eigenvalue weighted by Crippen LogP contribution is -2.54. The van der Waals surface area contributed by atoms with Crippen molar-refractivity contribution < 1.29 is 23.0 Å². The molecule has 0 heterocycles. The summed E-state index contributed by atoms with van der Waals surface area (Å²) in [4.78, 5) is 11.7. The average Bonchev–Trinajstić information content (AvgIpc) is 2.42. The zero-order valence-corrected chi connectivity index (χ0v) is 11.2. The Morgan fingerprint density at radius 2 is 2.15 bits per heavy atom. The molecule has 0 radical (unpaired) electrons. The Bertz CT molecular complexity index is 509. The van der Waals surface area contributed by atoms with Crippen LogP contribution in [0.1, 0.15) is 25.7 Å². The van der Waals surface area contributed by atoms with Crippen molar-refractivity contribution in [3.8, 4) is 5.75 Å². The second-order valence-corrected chi connectivity index (χ2v) is 5.06. The topological polar surface area (TPSA) is 61.5 Å². The van der Waals surface area contributed by atoms with E-state index in [9.17, 15) is 13.6 Å². The molecule has 1 aromatic rings. The predicted molar refractivity (Wildman–Crippen MR) is 68.2 cm³/mol. The van der Waals surface area contributed by atoms with Gasteiger partial charge in [-0.15, -0.1) is 0 Å². The minimum Gasteiger partial charge on any atom is -0.490 e. The van der Waals surface area contributed by atoms with Gasteiger partial charge >= 0.3 is 5.97 Å². The zero-order chi connectivity index (χ0) is 14.8. The number of carbonyl (C=O) groups is 1. The quantitative estimate of drug-likeness (QED) is 0.864. The standard InChI is InChI=1S/C14H17F2NO3/c1-19-13(18)14(17)6-2-3-10(8-14)20-9-4-5-11(15)12(16)7-9/h4-5,7,10H,2-3,6,8,17H2,1H3. The van der Waals surface area contributed by atoms with E-state index in [1.807, 2.05) is 0 Å². The first-order valence-corrected chi connectivity index (χ1v) is 6.43. The first-order chi connectivity index (χ1) is 9.44. The van der Waals surface area contributed by atoms with E-state index in [-0.39, 0.29) is 11.9 Å². The Morgan fingerprint density at radius 3 is 2.80 bits per heavy atom. The SMILES string of the molecule is COC(=O)C1(N)CCCC(Oc2ccc(F)c(F)c2)C1. The molecule has 1 aromatic carbocycles. The van der Waals surface area contributed by atoms with Crippen LogP contribution in [0.5, 0.6) is 5.75 Å². The Labute approximate surface area is 115 Å². The highest BCUT2D eigenvalue weighted by molar-refractivity contribution is 5.80. The fourth-order valence-electron chi connectivity index (χ4n) is 2.49. The van der Waals surface area contributed by atoms with E-state index in [1.165, 1.54) is 13.2 Å². The summed E-state index contributed by atoms with van der Waals surface area (Å²) < 4.78 is 36.2. The second-order valence-electron chi connectivity index (χ2n) is 5.06. The smallest absolute Gasteiger partial charge is 0.325 e. The Hall–Kier alpha value is -1.69. The summed E-state index contributed by atoms with van der Waals surface area (Å²) in [5.41, 5.74) is 4.95. The molecular weight excluding hydrogens is 268 g/mol. The lowest BCUT2D eigenvalue weighted by atomic mass is 9.81. The number of methoxy groups -OCH3 is 1. The molecule has 6 heteroatoms. The molecule has 2 unspecified atom stereocenters. The van der Waals surface area contributed by atoms with E-state index >= 15 is 0 Å². The molecule has 1 aliphatic carbocycles. The largest absolute Gasteiger partial charge is 0.490 e. The Kier molecular flexibility index (Phi) is 4.23. The van der Waals surface area contributed by atoms with E-state index < -0.39 is 23.1 Å². The molecule has 4 nitrogen and oxygen atoms in total. The molecule has 2 N–H and O–H groups in total. The molecule has 20 heavy (non-hydrogen) atoms. The van der Waals surface area contributed by atoms with Crippen molar-refractivity contribution in [2.24, 2.45) is 5.73 Å². The number of rotatable bonds is 3. The van der Waals surface area contributed by atoms with E-state index in [1.54, 1.807) is 0 Å². The fourth-order valence-corrected chi connectivity index (χ4v) is 2.49. The van der Waals surface area contributed by atoms with Crippen molar-refractivity contribution in [3.63, 3.8) is 0 Å². The van der Waals surface area contributed by atoms with Gasteiger partial charge in [0.2, 0.25) is 0 Å². The summed E-state index contributed by atoms with van der Waals surface area (Å²) in [6.45, 7) is 0. The van der Waals surface area contributed by atoms with Crippen LogP contribution in [-0.2, 0) is 9.53 Å². The van der Waals surface area contributed by atoms with Crippen LogP contribution in [0.25, 0.3) is 0 Å². The number of halogens is 2. The molecule has 110 valence electrons. The van der Waals surface area contributed by atoms with Crippen LogP contribution in [-0.4, -0.2) is 24.7 Å². The summed E-state index contributed by atoms with van der Waals surface area (Å²) >= 11 is 0. The van der Waals surface area contributed by atoms with Crippen LogP contribution >= 0.6 is 0 Å². The van der Waals surface area contributed by atoms with Crippen molar-refractivity contribution in [1.29, 1.82) is 0 Å². The van der Waals surface area contributed by atoms with Gasteiger partial charge in [-0.1, -0.05) is 0 Å². The van der Waals surface area contributed by atoms with E-state index in [2.05, 4.69) is 0 Å². The van der Waals surface area contributed by atoms with E-state index in [0.717, 1.165) is 12.1 Å². The number of benzene rings is 1. The van der Waals surface area contributed by atoms with Crippen LogP contribution in [0.3, 0.4) is 0 Å². The summed E-state index contributed by atoms with van der Waals surface area (Å²) in [6.07, 6.45) is 1.91. The Morgan fingerprint density at radius 1 is 1.40 bits per heavy atom. The van der Waals surface area contributed by atoms with Gasteiger partial charge in [0.15, 0.2) is 11.6 Å². The molecule has 1 aliphatic rings. The van der Waals surface area contributed by atoms with E-state index in [4.69, 9.17) is 15.2 Å². The molecule has 1 saturated carbocycles. The maximum Gasteiger partial charge on any atom is 0.325 e. The third kappa shape index (κ3) is 3.07. The maximum atomic E-state index is 13.1. The van der Waals surface area contributed by atoms with Gasteiger partial charge in [0.1, 0.15) is 17.4 Å². The minimum absolute atomic E-state index is 0.225. The third-order valence-corrected chi connectivity index (χ3v) is 3.53. The van der Waals surface area contributed by atoms with Gasteiger partial charge in [-0.05, 0) is 31.4 Å². The fraction of sp³-hybridized carbons (Fsp3) is 0.500. The van der Waals surface area contributed by atoms with Crippen LogP contribution in [0.15, 0.2) is 18.2 Å². The summed E-state index contributed by atoms with van der Waals surface area (Å²) in [5, 5.41) is 0. The van der Waals surface area contributed by atoms with Gasteiger partial charge in [-0.2, -0.15) is 0 Å². The monoisotopic (exact) mass is 285 g/mol. The highest BCUT2D eigenvalue weighted by Gasteiger charge is 2.41. The molecule has 0 bridgehead atoms. The number of esters is 1. The van der Waals surface area contributed by atoms with Crippen LogP contribution < -0.4 is 10.5 Å². The molecule has 1 fully saturated rings. The van der Waals surface area contributed by atoms with Crippen molar-refractivity contribution in [1.82, 2.24) is 0 Å². The zero-order valence-electron chi connectivity index (χ0n) is 11.2. The van der Waals surface area contributed by atoms with Gasteiger partial charge in [0, 0.05) is 12.5 Å². The number of hydrogen-bond acceptors (Lipinski definition) is 4. The van der Waals surface area contributed by atoms with Gasteiger partial charge < -0.3 is 15.2 Å². The number of hydrogen-bond donors (Lipinski definition) is 1. The third-order valence-electron chi connectivity index (χ3n) is 3.53. The minimum atomic E-state index is -1.07. The summed E-state index contributed by atoms with van der Waals surface area (Å²) in [5.74, 6) is -2.15. The summed E-state index contributed by atoms with van der Waals surface area (Å²) in [7, 11) is 1.29. The van der Waals surface area contributed by atoms with Crippen LogP contribution in [0.2, 0.25) is 0 Å². The van der Waals surface area contributed by atoms with Gasteiger partial charge in [0.25, 0.3) is 0 Å². The van der Waals surface area contributed by atoms with Gasteiger partial charge in [0.05, 0.1) is 7.11 Å². The number of carbonyl (C=O) groups excluding carboxylic acids is 1. The second kappa shape index (κ2) is 5.75. The highest BCUT2D eigenvalue weighted by Crippen LogP contribution is 2.30. The van der Waals surface area contributed by atoms with E-state index in [0.29, 0.717) is 25.7 Å². The van der Waals surface area contributed by atoms with Crippen molar-refractivity contribution >= 4 is 5.97 Å². The number of nitrogens with two attached hydrogens (primary N) is 1. The van der Waals surface area contributed by atoms with Crippen LogP contribution in [0.4, 0.5) is 8.78 Å². The van der Waals surface area contributed by atoms with Crippen molar-refractivity contribution in [3.05, 3.63) is 29.8 Å². The predicted octanol–water partition coefficient (Wildman–Crippen LogP) is 2.16. The molecule has 0 spiro atoms. The lowest BCUT2D eigenvalue weighted by molar-refractivity contribution is -0.149. The average molecular weight is 285 g/mol. The maximum absolute atomic E-state index is 13.1. The van der Waals surface area contributed by atoms with Crippen LogP contribution in [0, 0.1) is 11.6 Å². The molecule has 0 saturated heterocycles.